The maximum absolute atomic E-state index is 13.1. The first-order valence-corrected chi connectivity index (χ1v) is 9.15. The minimum absolute atomic E-state index is 0.0288. The van der Waals surface area contributed by atoms with E-state index in [9.17, 15) is 14.7 Å². The number of carboxylic acids is 1. The van der Waals surface area contributed by atoms with E-state index in [1.807, 2.05) is 72.4 Å². The number of rotatable bonds is 3. The largest absolute Gasteiger partial charge is 0.481 e. The number of hydrogen-bond acceptors (Lipinski definition) is 2. The molecule has 5 heteroatoms. The number of para-hydroxylation sites is 1. The van der Waals surface area contributed by atoms with Crippen LogP contribution in [0.2, 0.25) is 0 Å². The first-order chi connectivity index (χ1) is 13.0. The second-order valence-corrected chi connectivity index (χ2v) is 7.22. The van der Waals surface area contributed by atoms with E-state index >= 15 is 0 Å². The van der Waals surface area contributed by atoms with E-state index in [1.54, 1.807) is 4.90 Å². The molecule has 1 aliphatic heterocycles. The number of aliphatic carboxylic acids is 1. The van der Waals surface area contributed by atoms with Gasteiger partial charge in [0.1, 0.15) is 0 Å². The monoisotopic (exact) mass is 362 g/mol. The smallest absolute Gasteiger partial charge is 0.314 e. The van der Waals surface area contributed by atoms with Gasteiger partial charge in [0, 0.05) is 37.2 Å². The van der Waals surface area contributed by atoms with Crippen LogP contribution >= 0.6 is 0 Å². The van der Waals surface area contributed by atoms with Crippen LogP contribution in [-0.4, -0.2) is 39.5 Å². The number of likely N-dealkylation sites (tertiary alicyclic amines) is 1. The van der Waals surface area contributed by atoms with Crippen LogP contribution in [0, 0.1) is 0 Å². The van der Waals surface area contributed by atoms with Crippen LogP contribution in [0.5, 0.6) is 0 Å². The van der Waals surface area contributed by atoms with E-state index in [0.29, 0.717) is 31.5 Å². The molecule has 3 aromatic rings. The van der Waals surface area contributed by atoms with Crippen molar-refractivity contribution in [1.29, 1.82) is 0 Å². The number of nitrogens with zero attached hydrogens (tertiary/aromatic N) is 2. The zero-order chi connectivity index (χ0) is 19.0. The van der Waals surface area contributed by atoms with Crippen LogP contribution < -0.4 is 0 Å². The highest BCUT2D eigenvalue weighted by molar-refractivity contribution is 6.07. The highest BCUT2D eigenvalue weighted by atomic mass is 16.4. The van der Waals surface area contributed by atoms with Crippen molar-refractivity contribution in [3.05, 3.63) is 71.9 Å². The first kappa shape index (κ1) is 17.3. The Morgan fingerprint density at radius 2 is 1.59 bits per heavy atom. The van der Waals surface area contributed by atoms with Gasteiger partial charge in [-0.3, -0.25) is 9.59 Å². The maximum atomic E-state index is 13.1. The fourth-order valence-corrected chi connectivity index (χ4v) is 4.16. The van der Waals surface area contributed by atoms with Crippen LogP contribution in [0.4, 0.5) is 0 Å². The Balaban J connectivity index is 1.60. The molecular weight excluding hydrogens is 340 g/mol. The van der Waals surface area contributed by atoms with Gasteiger partial charge in [-0.1, -0.05) is 48.5 Å². The Bertz CT molecular complexity index is 999. The molecule has 5 nitrogen and oxygen atoms in total. The van der Waals surface area contributed by atoms with Crippen molar-refractivity contribution in [2.45, 2.75) is 18.3 Å². The topological polar surface area (TPSA) is 62.5 Å². The number of piperidine rings is 1. The zero-order valence-electron chi connectivity index (χ0n) is 15.3. The Hall–Kier alpha value is -3.08. The zero-order valence-corrected chi connectivity index (χ0v) is 15.3. The molecule has 1 amide bonds. The normalized spacial score (nSPS) is 16.4. The molecule has 0 unspecified atom stereocenters. The van der Waals surface area contributed by atoms with E-state index in [0.717, 1.165) is 16.5 Å². The SMILES string of the molecule is Cn1cc(C(=O)N2CCC(C(=O)O)(c3ccccc3)CC2)c2ccccc21. The van der Waals surface area contributed by atoms with E-state index in [2.05, 4.69) is 0 Å². The lowest BCUT2D eigenvalue weighted by atomic mass is 9.73. The Morgan fingerprint density at radius 1 is 0.963 bits per heavy atom. The van der Waals surface area contributed by atoms with Crippen molar-refractivity contribution in [2.24, 2.45) is 7.05 Å². The summed E-state index contributed by atoms with van der Waals surface area (Å²) in [6.07, 6.45) is 2.70. The second kappa shape index (κ2) is 6.58. The number of carbonyl (C=O) groups excluding carboxylic acids is 1. The summed E-state index contributed by atoms with van der Waals surface area (Å²) in [6.45, 7) is 0.868. The molecule has 2 aromatic carbocycles. The molecule has 1 fully saturated rings. The van der Waals surface area contributed by atoms with Crippen LogP contribution in [0.15, 0.2) is 60.8 Å². The fourth-order valence-electron chi connectivity index (χ4n) is 4.16. The van der Waals surface area contributed by atoms with Crippen molar-refractivity contribution in [2.75, 3.05) is 13.1 Å². The third-order valence-electron chi connectivity index (χ3n) is 5.77. The van der Waals surface area contributed by atoms with Gasteiger partial charge in [-0.2, -0.15) is 0 Å². The molecule has 1 N–H and O–H groups in total. The van der Waals surface area contributed by atoms with Gasteiger partial charge in [-0.25, -0.2) is 0 Å². The lowest BCUT2D eigenvalue weighted by molar-refractivity contribution is -0.145. The number of benzene rings is 2. The molecule has 0 atom stereocenters. The highest BCUT2D eigenvalue weighted by Crippen LogP contribution is 2.36. The fraction of sp³-hybridized carbons (Fsp3) is 0.273. The summed E-state index contributed by atoms with van der Waals surface area (Å²) >= 11 is 0. The quantitative estimate of drug-likeness (QED) is 0.776. The summed E-state index contributed by atoms with van der Waals surface area (Å²) in [5.74, 6) is -0.843. The third kappa shape index (κ3) is 2.79. The predicted octanol–water partition coefficient (Wildman–Crippen LogP) is 3.44. The van der Waals surface area contributed by atoms with E-state index in [1.165, 1.54) is 0 Å². The number of aromatic nitrogens is 1. The summed E-state index contributed by atoms with van der Waals surface area (Å²) < 4.78 is 1.96. The lowest BCUT2D eigenvalue weighted by Crippen LogP contribution is -2.49. The Morgan fingerprint density at radius 3 is 2.26 bits per heavy atom. The molecule has 4 rings (SSSR count). The summed E-state index contributed by atoms with van der Waals surface area (Å²) in [7, 11) is 1.93. The number of fused-ring (bicyclic) bond motifs is 1. The summed E-state index contributed by atoms with van der Waals surface area (Å²) in [6, 6.07) is 17.2. The van der Waals surface area contributed by atoms with Crippen molar-refractivity contribution >= 4 is 22.8 Å². The van der Waals surface area contributed by atoms with Crippen LogP contribution in [0.3, 0.4) is 0 Å². The lowest BCUT2D eigenvalue weighted by Gasteiger charge is -2.39. The van der Waals surface area contributed by atoms with Crippen molar-refractivity contribution in [1.82, 2.24) is 9.47 Å². The van der Waals surface area contributed by atoms with Crippen molar-refractivity contribution < 1.29 is 14.7 Å². The molecular formula is C22H22N2O3. The predicted molar refractivity (Wildman–Crippen MR) is 104 cm³/mol. The molecule has 1 saturated heterocycles. The number of carboxylic acid groups (broad SMARTS) is 1. The first-order valence-electron chi connectivity index (χ1n) is 9.15. The molecule has 0 radical (unpaired) electrons. The van der Waals surface area contributed by atoms with E-state index in [4.69, 9.17) is 0 Å². The minimum atomic E-state index is -0.920. The molecule has 27 heavy (non-hydrogen) atoms. The number of amides is 1. The number of hydrogen-bond donors (Lipinski definition) is 1. The Labute approximate surface area is 157 Å². The molecule has 138 valence electrons. The second-order valence-electron chi connectivity index (χ2n) is 7.22. The van der Waals surface area contributed by atoms with Gasteiger partial charge < -0.3 is 14.6 Å². The molecule has 0 bridgehead atoms. The van der Waals surface area contributed by atoms with Gasteiger partial charge in [0.05, 0.1) is 11.0 Å². The molecule has 1 aromatic heterocycles. The Kier molecular flexibility index (Phi) is 4.22. The molecule has 2 heterocycles. The average molecular weight is 362 g/mol. The van der Waals surface area contributed by atoms with Gasteiger partial charge >= 0.3 is 5.97 Å². The van der Waals surface area contributed by atoms with Crippen LogP contribution in [0.25, 0.3) is 10.9 Å². The molecule has 0 aliphatic carbocycles. The van der Waals surface area contributed by atoms with Gasteiger partial charge in [-0.15, -0.1) is 0 Å². The average Bonchev–Trinajstić information content (AvgIpc) is 3.05. The minimum Gasteiger partial charge on any atom is -0.481 e. The third-order valence-corrected chi connectivity index (χ3v) is 5.77. The standard InChI is InChI=1S/C22H22N2O3/c1-23-15-18(17-9-5-6-10-19(17)23)20(25)24-13-11-22(12-14-24,21(26)27)16-7-3-2-4-8-16/h2-10,15H,11-14H2,1H3,(H,26,27). The van der Waals surface area contributed by atoms with Gasteiger partial charge in [0.15, 0.2) is 0 Å². The van der Waals surface area contributed by atoms with Gasteiger partial charge in [0.25, 0.3) is 5.91 Å². The number of aryl methyl sites for hydroxylation is 1. The van der Waals surface area contributed by atoms with E-state index < -0.39 is 11.4 Å². The van der Waals surface area contributed by atoms with E-state index in [-0.39, 0.29) is 5.91 Å². The highest BCUT2D eigenvalue weighted by Gasteiger charge is 2.44. The van der Waals surface area contributed by atoms with Gasteiger partial charge in [-0.05, 0) is 24.5 Å². The van der Waals surface area contributed by atoms with Gasteiger partial charge in [0.2, 0.25) is 0 Å². The molecule has 1 aliphatic rings. The summed E-state index contributed by atoms with van der Waals surface area (Å²) in [5.41, 5.74) is 1.59. The maximum Gasteiger partial charge on any atom is 0.314 e. The molecule has 0 saturated carbocycles. The molecule has 0 spiro atoms. The van der Waals surface area contributed by atoms with Crippen LogP contribution in [0.1, 0.15) is 28.8 Å². The summed E-state index contributed by atoms with van der Waals surface area (Å²) in [4.78, 5) is 27.0. The van der Waals surface area contributed by atoms with Crippen LogP contribution in [-0.2, 0) is 17.3 Å². The number of carbonyl (C=O) groups is 2. The van der Waals surface area contributed by atoms with Crippen molar-refractivity contribution in [3.8, 4) is 0 Å². The van der Waals surface area contributed by atoms with Crippen molar-refractivity contribution in [3.63, 3.8) is 0 Å². The summed E-state index contributed by atoms with van der Waals surface area (Å²) in [5, 5.41) is 10.9.